The zero-order valence-corrected chi connectivity index (χ0v) is 14.5. The molecule has 0 atom stereocenters. The summed E-state index contributed by atoms with van der Waals surface area (Å²) in [7, 11) is -2.47. The predicted octanol–water partition coefficient (Wildman–Crippen LogP) is 3.96. The van der Waals surface area contributed by atoms with E-state index in [0.717, 1.165) is 0 Å². The standard InChI is InChI=1S/C12H9BrCl2N2O3S/c1-20-12-7(13)5-6-10(16-12)17-21(18,19)9-4-2-3-8(14)11(9)15/h2-6H,1H3,(H,16,17). The Labute approximate surface area is 140 Å². The van der Waals surface area contributed by atoms with Gasteiger partial charge in [-0.05, 0) is 40.2 Å². The first-order valence-electron chi connectivity index (χ1n) is 5.52. The van der Waals surface area contributed by atoms with Gasteiger partial charge in [-0.25, -0.2) is 8.42 Å². The first kappa shape index (κ1) is 16.4. The predicted molar refractivity (Wildman–Crippen MR) is 85.8 cm³/mol. The molecule has 0 aliphatic carbocycles. The van der Waals surface area contributed by atoms with Crippen molar-refractivity contribution in [3.8, 4) is 5.88 Å². The Morgan fingerprint density at radius 1 is 1.24 bits per heavy atom. The molecule has 0 saturated heterocycles. The number of halogens is 3. The van der Waals surface area contributed by atoms with Crippen molar-refractivity contribution in [2.45, 2.75) is 4.90 Å². The van der Waals surface area contributed by atoms with E-state index >= 15 is 0 Å². The smallest absolute Gasteiger partial charge is 0.264 e. The molecule has 0 unspecified atom stereocenters. The van der Waals surface area contributed by atoms with Crippen LogP contribution in [0.2, 0.25) is 10.0 Å². The summed E-state index contributed by atoms with van der Waals surface area (Å²) in [5.41, 5.74) is 0. The van der Waals surface area contributed by atoms with E-state index in [1.54, 1.807) is 6.07 Å². The topological polar surface area (TPSA) is 68.3 Å². The summed E-state index contributed by atoms with van der Waals surface area (Å²) >= 11 is 15.0. The van der Waals surface area contributed by atoms with Crippen molar-refractivity contribution >= 4 is 55.0 Å². The number of anilines is 1. The fourth-order valence-electron chi connectivity index (χ4n) is 1.51. The highest BCUT2D eigenvalue weighted by atomic mass is 79.9. The average molecular weight is 412 g/mol. The number of ether oxygens (including phenoxy) is 1. The third-order valence-electron chi connectivity index (χ3n) is 2.45. The molecular weight excluding hydrogens is 403 g/mol. The van der Waals surface area contributed by atoms with E-state index < -0.39 is 10.0 Å². The van der Waals surface area contributed by atoms with Crippen LogP contribution in [0.15, 0.2) is 39.7 Å². The lowest BCUT2D eigenvalue weighted by atomic mass is 10.4. The van der Waals surface area contributed by atoms with E-state index in [1.165, 1.54) is 31.4 Å². The highest BCUT2D eigenvalue weighted by Gasteiger charge is 2.20. The van der Waals surface area contributed by atoms with Crippen LogP contribution in [0, 0.1) is 0 Å². The summed E-state index contributed by atoms with van der Waals surface area (Å²) in [6.07, 6.45) is 0. The van der Waals surface area contributed by atoms with Crippen LogP contribution in [-0.2, 0) is 10.0 Å². The van der Waals surface area contributed by atoms with Gasteiger partial charge in [0.25, 0.3) is 10.0 Å². The SMILES string of the molecule is COc1nc(NS(=O)(=O)c2cccc(Cl)c2Cl)ccc1Br. The van der Waals surface area contributed by atoms with Gasteiger partial charge >= 0.3 is 0 Å². The lowest BCUT2D eigenvalue weighted by Crippen LogP contribution is -2.14. The van der Waals surface area contributed by atoms with Gasteiger partial charge < -0.3 is 4.74 Å². The molecule has 21 heavy (non-hydrogen) atoms. The van der Waals surface area contributed by atoms with Crippen LogP contribution in [0.1, 0.15) is 0 Å². The zero-order valence-electron chi connectivity index (χ0n) is 10.6. The van der Waals surface area contributed by atoms with Crippen LogP contribution in [0.5, 0.6) is 5.88 Å². The molecule has 1 aromatic heterocycles. The molecule has 1 aromatic carbocycles. The van der Waals surface area contributed by atoms with Crippen LogP contribution in [0.3, 0.4) is 0 Å². The molecule has 0 aliphatic heterocycles. The number of nitrogens with zero attached hydrogens (tertiary/aromatic N) is 1. The Hall–Kier alpha value is -1.02. The summed E-state index contributed by atoms with van der Waals surface area (Å²) in [4.78, 5) is 3.89. The molecule has 5 nitrogen and oxygen atoms in total. The Balaban J connectivity index is 2.40. The van der Waals surface area contributed by atoms with Crippen molar-refractivity contribution in [3.05, 3.63) is 44.8 Å². The van der Waals surface area contributed by atoms with Gasteiger partial charge in [-0.3, -0.25) is 4.72 Å². The largest absolute Gasteiger partial charge is 0.480 e. The number of hydrogen-bond acceptors (Lipinski definition) is 4. The quantitative estimate of drug-likeness (QED) is 0.826. The van der Waals surface area contributed by atoms with Crippen molar-refractivity contribution in [2.24, 2.45) is 0 Å². The van der Waals surface area contributed by atoms with Crippen molar-refractivity contribution in [1.82, 2.24) is 4.98 Å². The number of hydrogen-bond donors (Lipinski definition) is 1. The van der Waals surface area contributed by atoms with Crippen molar-refractivity contribution in [2.75, 3.05) is 11.8 Å². The average Bonchev–Trinajstić information content (AvgIpc) is 2.43. The molecule has 2 rings (SSSR count). The summed E-state index contributed by atoms with van der Waals surface area (Å²) in [6.45, 7) is 0. The molecule has 0 aliphatic rings. The number of pyridine rings is 1. The van der Waals surface area contributed by atoms with Crippen LogP contribution in [0.4, 0.5) is 5.82 Å². The highest BCUT2D eigenvalue weighted by molar-refractivity contribution is 9.10. The van der Waals surface area contributed by atoms with E-state index in [9.17, 15) is 8.42 Å². The molecule has 112 valence electrons. The van der Waals surface area contributed by atoms with E-state index in [2.05, 4.69) is 25.6 Å². The summed E-state index contributed by atoms with van der Waals surface area (Å²) in [6, 6.07) is 7.46. The van der Waals surface area contributed by atoms with Gasteiger partial charge in [0.15, 0.2) is 0 Å². The van der Waals surface area contributed by atoms with Gasteiger partial charge in [0.1, 0.15) is 10.7 Å². The monoisotopic (exact) mass is 410 g/mol. The third-order valence-corrected chi connectivity index (χ3v) is 5.38. The molecule has 0 radical (unpaired) electrons. The third kappa shape index (κ3) is 3.60. The summed E-state index contributed by atoms with van der Waals surface area (Å²) in [5, 5.41) is 0.108. The van der Waals surface area contributed by atoms with Crippen molar-refractivity contribution in [1.29, 1.82) is 0 Å². The minimum Gasteiger partial charge on any atom is -0.480 e. The molecule has 2 aromatic rings. The van der Waals surface area contributed by atoms with Crippen molar-refractivity contribution in [3.63, 3.8) is 0 Å². The van der Waals surface area contributed by atoms with Gasteiger partial charge in [-0.2, -0.15) is 4.98 Å². The molecule has 0 spiro atoms. The number of rotatable bonds is 4. The fourth-order valence-corrected chi connectivity index (χ4v) is 3.65. The van der Waals surface area contributed by atoms with E-state index in [1.807, 2.05) is 0 Å². The number of methoxy groups -OCH3 is 1. The van der Waals surface area contributed by atoms with Crippen LogP contribution in [-0.4, -0.2) is 20.5 Å². The van der Waals surface area contributed by atoms with Gasteiger partial charge in [0.05, 0.1) is 21.6 Å². The zero-order chi connectivity index (χ0) is 15.6. The van der Waals surface area contributed by atoms with Gasteiger partial charge in [0, 0.05) is 0 Å². The Bertz CT molecular complexity index is 784. The van der Waals surface area contributed by atoms with Crippen LogP contribution < -0.4 is 9.46 Å². The number of nitrogens with one attached hydrogen (secondary N) is 1. The molecule has 1 heterocycles. The first-order valence-corrected chi connectivity index (χ1v) is 8.55. The number of aromatic nitrogens is 1. The Morgan fingerprint density at radius 2 is 1.95 bits per heavy atom. The normalized spacial score (nSPS) is 11.2. The van der Waals surface area contributed by atoms with E-state index in [4.69, 9.17) is 27.9 Å². The van der Waals surface area contributed by atoms with Crippen LogP contribution in [0.25, 0.3) is 0 Å². The molecule has 1 N–H and O–H groups in total. The maximum absolute atomic E-state index is 12.3. The molecule has 0 saturated carbocycles. The van der Waals surface area contributed by atoms with Gasteiger partial charge in [-0.15, -0.1) is 0 Å². The van der Waals surface area contributed by atoms with E-state index in [0.29, 0.717) is 4.47 Å². The highest BCUT2D eigenvalue weighted by Crippen LogP contribution is 2.30. The second-order valence-corrected chi connectivity index (χ2v) is 7.14. The minimum atomic E-state index is -3.90. The number of benzene rings is 1. The van der Waals surface area contributed by atoms with Crippen LogP contribution >= 0.6 is 39.1 Å². The Kier molecular flexibility index (Phi) is 4.98. The molecule has 0 fully saturated rings. The van der Waals surface area contributed by atoms with Gasteiger partial charge in [-0.1, -0.05) is 29.3 Å². The second-order valence-electron chi connectivity index (χ2n) is 3.85. The second kappa shape index (κ2) is 6.39. The maximum atomic E-state index is 12.3. The lowest BCUT2D eigenvalue weighted by Gasteiger charge is -2.10. The minimum absolute atomic E-state index is 0.0456. The fraction of sp³-hybridized carbons (Fsp3) is 0.0833. The lowest BCUT2D eigenvalue weighted by molar-refractivity contribution is 0.396. The molecule has 0 bridgehead atoms. The maximum Gasteiger partial charge on any atom is 0.264 e. The number of sulfonamides is 1. The molecule has 0 amide bonds. The van der Waals surface area contributed by atoms with Crippen molar-refractivity contribution < 1.29 is 13.2 Å². The molecule has 9 heteroatoms. The summed E-state index contributed by atoms with van der Waals surface area (Å²) < 4.78 is 32.6. The summed E-state index contributed by atoms with van der Waals surface area (Å²) in [5.74, 6) is 0.360. The Morgan fingerprint density at radius 3 is 2.62 bits per heavy atom. The van der Waals surface area contributed by atoms with E-state index in [-0.39, 0.29) is 26.6 Å². The van der Waals surface area contributed by atoms with Gasteiger partial charge in [0.2, 0.25) is 5.88 Å². The first-order chi connectivity index (χ1) is 9.85. The molecular formula is C12H9BrCl2N2O3S.